The molecule has 0 aliphatic carbocycles. The summed E-state index contributed by atoms with van der Waals surface area (Å²) < 4.78 is 35.0. The van der Waals surface area contributed by atoms with Crippen LogP contribution in [0.3, 0.4) is 0 Å². The molecule has 7 heteroatoms. The Labute approximate surface area is 170 Å². The third-order valence-corrected chi connectivity index (χ3v) is 5.28. The molecule has 0 bridgehead atoms. The second kappa shape index (κ2) is 8.95. The zero-order valence-electron chi connectivity index (χ0n) is 17.5. The lowest BCUT2D eigenvalue weighted by Gasteiger charge is -2.29. The van der Waals surface area contributed by atoms with E-state index in [2.05, 4.69) is 10.2 Å². The summed E-state index contributed by atoms with van der Waals surface area (Å²) in [6.07, 6.45) is 0. The molecule has 1 N–H and O–H groups in total. The minimum absolute atomic E-state index is 0.160. The van der Waals surface area contributed by atoms with Crippen LogP contribution in [0.5, 0.6) is 0 Å². The SMILES string of the molecule is Cc1c(N2CCOCC2)c(C)n(Cc2ccc(F)cc2F)c1C(=O)NCC(C)C. The lowest BCUT2D eigenvalue weighted by molar-refractivity contribution is 0.0939. The number of anilines is 1. The molecule has 1 amide bonds. The topological polar surface area (TPSA) is 46.5 Å². The van der Waals surface area contributed by atoms with Crippen LogP contribution >= 0.6 is 0 Å². The molecule has 158 valence electrons. The second-order valence-corrected chi connectivity index (χ2v) is 7.93. The molecule has 2 heterocycles. The molecule has 29 heavy (non-hydrogen) atoms. The van der Waals surface area contributed by atoms with Gasteiger partial charge in [0.25, 0.3) is 5.91 Å². The van der Waals surface area contributed by atoms with Crippen LogP contribution in [0.25, 0.3) is 0 Å². The number of rotatable bonds is 6. The summed E-state index contributed by atoms with van der Waals surface area (Å²) in [6, 6.07) is 3.55. The van der Waals surface area contributed by atoms with Gasteiger partial charge in [-0.3, -0.25) is 4.79 Å². The van der Waals surface area contributed by atoms with Gasteiger partial charge < -0.3 is 19.5 Å². The van der Waals surface area contributed by atoms with Crippen molar-refractivity contribution >= 4 is 11.6 Å². The van der Waals surface area contributed by atoms with Crippen molar-refractivity contribution in [3.8, 4) is 0 Å². The van der Waals surface area contributed by atoms with E-state index in [0.29, 0.717) is 36.9 Å². The molecule has 1 fully saturated rings. The number of halogens is 2. The Kier molecular flexibility index (Phi) is 6.57. The van der Waals surface area contributed by atoms with Crippen LogP contribution in [0.2, 0.25) is 0 Å². The number of hydrogen-bond acceptors (Lipinski definition) is 3. The third kappa shape index (κ3) is 4.61. The number of benzene rings is 1. The number of amides is 1. The highest BCUT2D eigenvalue weighted by molar-refractivity contribution is 5.96. The van der Waals surface area contributed by atoms with Gasteiger partial charge in [0.15, 0.2) is 0 Å². The van der Waals surface area contributed by atoms with Gasteiger partial charge in [-0.15, -0.1) is 0 Å². The molecule has 1 aromatic heterocycles. The molecule has 2 aromatic rings. The van der Waals surface area contributed by atoms with Crippen LogP contribution in [0.4, 0.5) is 14.5 Å². The largest absolute Gasteiger partial charge is 0.378 e. The van der Waals surface area contributed by atoms with Crippen LogP contribution in [0.1, 0.15) is 41.2 Å². The Morgan fingerprint density at radius 2 is 1.90 bits per heavy atom. The summed E-state index contributed by atoms with van der Waals surface area (Å²) in [5.41, 5.74) is 3.62. The van der Waals surface area contributed by atoms with Crippen LogP contribution < -0.4 is 10.2 Å². The number of carbonyl (C=O) groups is 1. The van der Waals surface area contributed by atoms with Gasteiger partial charge in [-0.25, -0.2) is 8.78 Å². The Morgan fingerprint density at radius 3 is 2.52 bits per heavy atom. The van der Waals surface area contributed by atoms with Crippen molar-refractivity contribution in [1.29, 1.82) is 0 Å². The first-order valence-electron chi connectivity index (χ1n) is 10.0. The predicted molar refractivity (Wildman–Crippen MR) is 110 cm³/mol. The van der Waals surface area contributed by atoms with Gasteiger partial charge in [0.1, 0.15) is 17.3 Å². The Hall–Kier alpha value is -2.41. The lowest BCUT2D eigenvalue weighted by Crippen LogP contribution is -2.36. The molecular formula is C22H29F2N3O2. The summed E-state index contributed by atoms with van der Waals surface area (Å²) in [6.45, 7) is 11.4. The number of carbonyl (C=O) groups excluding carboxylic acids is 1. The molecule has 0 radical (unpaired) electrons. The first-order chi connectivity index (χ1) is 13.8. The maximum Gasteiger partial charge on any atom is 0.268 e. The van der Waals surface area contributed by atoms with Crippen molar-refractivity contribution in [1.82, 2.24) is 9.88 Å². The summed E-state index contributed by atoms with van der Waals surface area (Å²) in [4.78, 5) is 15.3. The van der Waals surface area contributed by atoms with Crippen molar-refractivity contribution in [3.63, 3.8) is 0 Å². The van der Waals surface area contributed by atoms with E-state index < -0.39 is 11.6 Å². The fourth-order valence-corrected chi connectivity index (χ4v) is 3.83. The monoisotopic (exact) mass is 405 g/mol. The van der Waals surface area contributed by atoms with Crippen molar-refractivity contribution in [2.45, 2.75) is 34.2 Å². The van der Waals surface area contributed by atoms with Gasteiger partial charge in [0, 0.05) is 42.5 Å². The summed E-state index contributed by atoms with van der Waals surface area (Å²) in [7, 11) is 0. The van der Waals surface area contributed by atoms with Gasteiger partial charge in [-0.05, 0) is 25.8 Å². The molecule has 1 saturated heterocycles. The number of ether oxygens (including phenoxy) is 1. The second-order valence-electron chi connectivity index (χ2n) is 7.93. The highest BCUT2D eigenvalue weighted by Gasteiger charge is 2.27. The van der Waals surface area contributed by atoms with Gasteiger partial charge in [0.2, 0.25) is 0 Å². The van der Waals surface area contributed by atoms with E-state index in [-0.39, 0.29) is 12.5 Å². The quantitative estimate of drug-likeness (QED) is 0.798. The lowest BCUT2D eigenvalue weighted by atomic mass is 10.1. The third-order valence-electron chi connectivity index (χ3n) is 5.28. The summed E-state index contributed by atoms with van der Waals surface area (Å²) in [5.74, 6) is -1.09. The molecule has 0 spiro atoms. The van der Waals surface area contributed by atoms with Gasteiger partial charge in [-0.2, -0.15) is 0 Å². The molecule has 1 aliphatic heterocycles. The Bertz CT molecular complexity index is 887. The highest BCUT2D eigenvalue weighted by atomic mass is 19.1. The number of hydrogen-bond donors (Lipinski definition) is 1. The van der Waals surface area contributed by atoms with Crippen molar-refractivity contribution in [2.24, 2.45) is 5.92 Å². The summed E-state index contributed by atoms with van der Waals surface area (Å²) in [5, 5.41) is 2.98. The summed E-state index contributed by atoms with van der Waals surface area (Å²) >= 11 is 0. The van der Waals surface area contributed by atoms with Crippen LogP contribution in [0.15, 0.2) is 18.2 Å². The first kappa shape index (κ1) is 21.3. The van der Waals surface area contributed by atoms with E-state index in [1.54, 1.807) is 0 Å². The molecule has 1 aliphatic rings. The molecule has 3 rings (SSSR count). The fourth-order valence-electron chi connectivity index (χ4n) is 3.83. The molecule has 1 aromatic carbocycles. The number of nitrogens with one attached hydrogen (secondary N) is 1. The smallest absolute Gasteiger partial charge is 0.268 e. The van der Waals surface area contributed by atoms with Crippen LogP contribution in [-0.4, -0.2) is 43.3 Å². The maximum absolute atomic E-state index is 14.3. The zero-order valence-corrected chi connectivity index (χ0v) is 17.5. The maximum atomic E-state index is 14.3. The first-order valence-corrected chi connectivity index (χ1v) is 10.0. The van der Waals surface area contributed by atoms with Crippen LogP contribution in [-0.2, 0) is 11.3 Å². The minimum atomic E-state index is -0.615. The van der Waals surface area contributed by atoms with E-state index in [0.717, 1.165) is 36.1 Å². The van der Waals surface area contributed by atoms with Crippen molar-refractivity contribution < 1.29 is 18.3 Å². The standard InChI is InChI=1S/C22H29F2N3O2/c1-14(2)12-25-22(28)21-15(3)20(26-7-9-29-10-8-26)16(4)27(21)13-17-5-6-18(23)11-19(17)24/h5-6,11,14H,7-10,12-13H2,1-4H3,(H,25,28). The Balaban J connectivity index is 2.04. The normalized spacial score (nSPS) is 14.5. The zero-order chi connectivity index (χ0) is 21.1. The van der Waals surface area contributed by atoms with E-state index >= 15 is 0 Å². The van der Waals surface area contributed by atoms with E-state index in [9.17, 15) is 13.6 Å². The highest BCUT2D eigenvalue weighted by Crippen LogP contribution is 2.32. The van der Waals surface area contributed by atoms with Gasteiger partial charge in [0.05, 0.1) is 25.4 Å². The Morgan fingerprint density at radius 1 is 1.21 bits per heavy atom. The van der Waals surface area contributed by atoms with Crippen molar-refractivity contribution in [3.05, 3.63) is 52.3 Å². The molecular weight excluding hydrogens is 376 g/mol. The number of aromatic nitrogens is 1. The van der Waals surface area contributed by atoms with E-state index in [1.807, 2.05) is 32.3 Å². The van der Waals surface area contributed by atoms with E-state index in [1.165, 1.54) is 12.1 Å². The van der Waals surface area contributed by atoms with Gasteiger partial charge >= 0.3 is 0 Å². The molecule has 0 saturated carbocycles. The molecule has 0 unspecified atom stereocenters. The fraction of sp³-hybridized carbons (Fsp3) is 0.500. The predicted octanol–water partition coefficient (Wildman–Crippen LogP) is 3.65. The number of nitrogens with zero attached hydrogens (tertiary/aromatic N) is 2. The van der Waals surface area contributed by atoms with Gasteiger partial charge in [-0.1, -0.05) is 19.9 Å². The van der Waals surface area contributed by atoms with Crippen molar-refractivity contribution in [2.75, 3.05) is 37.7 Å². The average molecular weight is 405 g/mol. The number of morpholine rings is 1. The molecule has 5 nitrogen and oxygen atoms in total. The van der Waals surface area contributed by atoms with E-state index in [4.69, 9.17) is 4.74 Å². The minimum Gasteiger partial charge on any atom is -0.378 e. The molecule has 0 atom stereocenters. The van der Waals surface area contributed by atoms with Crippen LogP contribution in [0, 0.1) is 31.4 Å². The average Bonchev–Trinajstić information content (AvgIpc) is 2.92.